The maximum Gasteiger partial charge on any atom is 0.251 e. The Morgan fingerprint density at radius 2 is 1.90 bits per heavy atom. The number of hydrogen-bond donors (Lipinski definition) is 2. The summed E-state index contributed by atoms with van der Waals surface area (Å²) in [5, 5.41) is 3.17. The highest BCUT2D eigenvalue weighted by atomic mass is 16.1. The largest absolute Gasteiger partial charge is 0.347 e. The van der Waals surface area contributed by atoms with Gasteiger partial charge in [-0.3, -0.25) is 4.79 Å². The molecule has 108 valence electrons. The number of benzene rings is 1. The molecule has 0 heterocycles. The monoisotopic (exact) mass is 272 g/mol. The standard InChI is InChI=1S/C17H24N2O/c1-4-17(5-2,6-3)19-16(20)15-11-7-9-14(13-15)10-8-12-18/h7,9,11,13H,4-6,12,18H2,1-3H3,(H,19,20). The van der Waals surface area contributed by atoms with Gasteiger partial charge < -0.3 is 11.1 Å². The number of rotatable bonds is 5. The fraction of sp³-hybridized carbons (Fsp3) is 0.471. The van der Waals surface area contributed by atoms with Gasteiger partial charge in [0.15, 0.2) is 0 Å². The first kappa shape index (κ1) is 16.3. The Balaban J connectivity index is 2.92. The second-order valence-electron chi connectivity index (χ2n) is 4.88. The summed E-state index contributed by atoms with van der Waals surface area (Å²) in [6, 6.07) is 7.35. The van der Waals surface area contributed by atoms with Crippen LogP contribution in [0.5, 0.6) is 0 Å². The molecule has 0 spiro atoms. The third-order valence-corrected chi connectivity index (χ3v) is 3.87. The summed E-state index contributed by atoms with van der Waals surface area (Å²) >= 11 is 0. The van der Waals surface area contributed by atoms with Crippen LogP contribution in [0.15, 0.2) is 24.3 Å². The van der Waals surface area contributed by atoms with Crippen molar-refractivity contribution in [1.82, 2.24) is 5.32 Å². The molecule has 1 rings (SSSR count). The van der Waals surface area contributed by atoms with Crippen LogP contribution < -0.4 is 11.1 Å². The molecule has 3 heteroatoms. The third kappa shape index (κ3) is 4.11. The molecular formula is C17H24N2O. The number of nitrogens with two attached hydrogens (primary N) is 1. The molecule has 0 saturated carbocycles. The maximum absolute atomic E-state index is 12.4. The van der Waals surface area contributed by atoms with Crippen molar-refractivity contribution < 1.29 is 4.79 Å². The minimum atomic E-state index is -0.115. The Hall–Kier alpha value is -1.79. The highest BCUT2D eigenvalue weighted by molar-refractivity contribution is 5.95. The zero-order valence-electron chi connectivity index (χ0n) is 12.6. The van der Waals surface area contributed by atoms with Gasteiger partial charge in [0, 0.05) is 16.7 Å². The second kappa shape index (κ2) is 7.72. The summed E-state index contributed by atoms with van der Waals surface area (Å²) in [6.45, 7) is 6.64. The molecule has 1 amide bonds. The fourth-order valence-corrected chi connectivity index (χ4v) is 2.22. The molecule has 0 fully saturated rings. The summed E-state index contributed by atoms with van der Waals surface area (Å²) in [5.74, 6) is 5.71. The first-order valence-electron chi connectivity index (χ1n) is 7.22. The molecule has 0 aromatic heterocycles. The van der Waals surface area contributed by atoms with Gasteiger partial charge in [0.2, 0.25) is 0 Å². The zero-order chi connectivity index (χ0) is 15.0. The normalized spacial score (nSPS) is 10.6. The molecule has 3 nitrogen and oxygen atoms in total. The van der Waals surface area contributed by atoms with Gasteiger partial charge in [0.05, 0.1) is 6.54 Å². The molecule has 0 unspecified atom stereocenters. The molecule has 1 aromatic carbocycles. The van der Waals surface area contributed by atoms with Crippen molar-refractivity contribution in [2.45, 2.75) is 45.6 Å². The molecule has 1 aromatic rings. The highest BCUT2D eigenvalue weighted by Crippen LogP contribution is 2.20. The van der Waals surface area contributed by atoms with Crippen LogP contribution >= 0.6 is 0 Å². The SMILES string of the molecule is CCC(CC)(CC)NC(=O)c1cccc(C#CCN)c1. The first-order valence-corrected chi connectivity index (χ1v) is 7.22. The predicted octanol–water partition coefficient (Wildman–Crippen LogP) is 2.70. The van der Waals surface area contributed by atoms with Gasteiger partial charge in [-0.1, -0.05) is 38.7 Å². The van der Waals surface area contributed by atoms with E-state index in [2.05, 4.69) is 37.9 Å². The van der Waals surface area contributed by atoms with Crippen LogP contribution in [0.25, 0.3) is 0 Å². The topological polar surface area (TPSA) is 55.1 Å². The van der Waals surface area contributed by atoms with E-state index in [1.54, 1.807) is 0 Å². The minimum Gasteiger partial charge on any atom is -0.347 e. The van der Waals surface area contributed by atoms with E-state index in [4.69, 9.17) is 5.73 Å². The van der Waals surface area contributed by atoms with E-state index < -0.39 is 0 Å². The van der Waals surface area contributed by atoms with E-state index in [0.29, 0.717) is 12.1 Å². The average molecular weight is 272 g/mol. The molecule has 0 aliphatic rings. The number of hydrogen-bond acceptors (Lipinski definition) is 2. The van der Waals surface area contributed by atoms with Crippen molar-refractivity contribution >= 4 is 5.91 Å². The predicted molar refractivity (Wildman–Crippen MR) is 83.4 cm³/mol. The summed E-state index contributed by atoms with van der Waals surface area (Å²) in [5.41, 5.74) is 6.71. The van der Waals surface area contributed by atoms with Crippen LogP contribution in [-0.4, -0.2) is 18.0 Å². The van der Waals surface area contributed by atoms with E-state index in [1.807, 2.05) is 24.3 Å². The molecule has 0 bridgehead atoms. The quantitative estimate of drug-likeness (QED) is 0.810. The molecule has 0 aliphatic heterocycles. The summed E-state index contributed by atoms with van der Waals surface area (Å²) in [7, 11) is 0. The van der Waals surface area contributed by atoms with E-state index in [-0.39, 0.29) is 11.4 Å². The summed E-state index contributed by atoms with van der Waals surface area (Å²) in [6.07, 6.45) is 2.79. The van der Waals surface area contributed by atoms with E-state index in [1.165, 1.54) is 0 Å². The Kier molecular flexibility index (Phi) is 6.27. The fourth-order valence-electron chi connectivity index (χ4n) is 2.22. The average Bonchev–Trinajstić information content (AvgIpc) is 2.51. The van der Waals surface area contributed by atoms with Gasteiger partial charge in [-0.05, 0) is 37.5 Å². The van der Waals surface area contributed by atoms with Crippen LogP contribution in [0.1, 0.15) is 56.0 Å². The summed E-state index contributed by atoms with van der Waals surface area (Å²) in [4.78, 5) is 12.4. The van der Waals surface area contributed by atoms with Crippen LogP contribution in [-0.2, 0) is 0 Å². The van der Waals surface area contributed by atoms with Gasteiger partial charge in [0.1, 0.15) is 0 Å². The lowest BCUT2D eigenvalue weighted by Crippen LogP contribution is -2.47. The van der Waals surface area contributed by atoms with Crippen LogP contribution in [0.4, 0.5) is 0 Å². The molecule has 20 heavy (non-hydrogen) atoms. The van der Waals surface area contributed by atoms with Crippen molar-refractivity contribution in [1.29, 1.82) is 0 Å². The van der Waals surface area contributed by atoms with Crippen molar-refractivity contribution in [3.8, 4) is 11.8 Å². The lowest BCUT2D eigenvalue weighted by atomic mass is 9.89. The Morgan fingerprint density at radius 3 is 2.45 bits per heavy atom. The maximum atomic E-state index is 12.4. The lowest BCUT2D eigenvalue weighted by Gasteiger charge is -2.31. The molecular weight excluding hydrogens is 248 g/mol. The molecule has 0 atom stereocenters. The van der Waals surface area contributed by atoms with Crippen LogP contribution in [0, 0.1) is 11.8 Å². The lowest BCUT2D eigenvalue weighted by molar-refractivity contribution is 0.0888. The molecule has 3 N–H and O–H groups in total. The zero-order valence-corrected chi connectivity index (χ0v) is 12.6. The van der Waals surface area contributed by atoms with Gasteiger partial charge >= 0.3 is 0 Å². The van der Waals surface area contributed by atoms with E-state index in [0.717, 1.165) is 24.8 Å². The van der Waals surface area contributed by atoms with Crippen molar-refractivity contribution in [2.24, 2.45) is 5.73 Å². The first-order chi connectivity index (χ1) is 9.60. The minimum absolute atomic E-state index is 0.0352. The highest BCUT2D eigenvalue weighted by Gasteiger charge is 2.26. The summed E-state index contributed by atoms with van der Waals surface area (Å²) < 4.78 is 0. The van der Waals surface area contributed by atoms with Gasteiger partial charge in [-0.15, -0.1) is 0 Å². The van der Waals surface area contributed by atoms with E-state index in [9.17, 15) is 4.79 Å². The second-order valence-corrected chi connectivity index (χ2v) is 4.88. The van der Waals surface area contributed by atoms with Gasteiger partial charge in [-0.25, -0.2) is 0 Å². The van der Waals surface area contributed by atoms with Crippen molar-refractivity contribution in [2.75, 3.05) is 6.54 Å². The molecule has 0 aliphatic carbocycles. The van der Waals surface area contributed by atoms with Crippen LogP contribution in [0.2, 0.25) is 0 Å². The van der Waals surface area contributed by atoms with Gasteiger partial charge in [0.25, 0.3) is 5.91 Å². The smallest absolute Gasteiger partial charge is 0.251 e. The molecule has 0 radical (unpaired) electrons. The Bertz CT molecular complexity index is 499. The number of amides is 1. The van der Waals surface area contributed by atoms with Crippen molar-refractivity contribution in [3.05, 3.63) is 35.4 Å². The third-order valence-electron chi connectivity index (χ3n) is 3.87. The Labute approximate surface area is 121 Å². The Morgan fingerprint density at radius 1 is 1.25 bits per heavy atom. The number of carbonyl (C=O) groups is 1. The van der Waals surface area contributed by atoms with Crippen LogP contribution in [0.3, 0.4) is 0 Å². The number of nitrogens with one attached hydrogen (secondary N) is 1. The van der Waals surface area contributed by atoms with Gasteiger partial charge in [-0.2, -0.15) is 0 Å². The van der Waals surface area contributed by atoms with Crippen molar-refractivity contribution in [3.63, 3.8) is 0 Å². The number of carbonyl (C=O) groups excluding carboxylic acids is 1. The van der Waals surface area contributed by atoms with E-state index >= 15 is 0 Å². The molecule has 0 saturated heterocycles.